The molecule has 1 heterocycles. The fraction of sp³-hybridized carbons (Fsp3) is 0.333. The lowest BCUT2D eigenvalue weighted by Crippen LogP contribution is -2.47. The molecule has 142 valence electrons. The molecular weight excluding hydrogens is 424 g/mol. The molecule has 1 aliphatic rings. The van der Waals surface area contributed by atoms with E-state index in [0.717, 1.165) is 22.2 Å². The Morgan fingerprint density at radius 1 is 1.15 bits per heavy atom. The molecule has 0 saturated carbocycles. The normalized spacial score (nSPS) is 14.8. The Balaban J connectivity index is 1.44. The van der Waals surface area contributed by atoms with E-state index in [1.807, 2.05) is 47.4 Å². The van der Waals surface area contributed by atoms with Crippen molar-refractivity contribution in [3.63, 3.8) is 0 Å². The number of aryl methyl sites for hydroxylation is 1. The summed E-state index contributed by atoms with van der Waals surface area (Å²) in [6, 6.07) is 15.5. The highest BCUT2D eigenvalue weighted by molar-refractivity contribution is 9.10. The van der Waals surface area contributed by atoms with Crippen LogP contribution in [-0.2, 0) is 4.79 Å². The summed E-state index contributed by atoms with van der Waals surface area (Å²) in [5.74, 6) is 0.570. The number of carbonyl (C=O) groups excluding carboxylic acids is 2. The summed E-state index contributed by atoms with van der Waals surface area (Å²) in [5, 5.41) is 3.08. The zero-order chi connectivity index (χ0) is 19.2. The number of nitrogens with zero attached hydrogens (tertiary/aromatic N) is 1. The van der Waals surface area contributed by atoms with Gasteiger partial charge in [-0.05, 0) is 55.7 Å². The first-order chi connectivity index (χ1) is 13.0. The number of amides is 2. The lowest BCUT2D eigenvalue weighted by Gasteiger charge is -2.32. The molecule has 4 nitrogen and oxygen atoms in total. The highest BCUT2D eigenvalue weighted by atomic mass is 79.9. The number of hydrogen-bond acceptors (Lipinski definition) is 3. The Hall–Kier alpha value is -1.79. The summed E-state index contributed by atoms with van der Waals surface area (Å²) in [5.41, 5.74) is 1.85. The summed E-state index contributed by atoms with van der Waals surface area (Å²) < 4.78 is 1.05. The van der Waals surface area contributed by atoms with Crippen LogP contribution in [0.1, 0.15) is 28.8 Å². The minimum atomic E-state index is -0.0401. The molecule has 0 atom stereocenters. The van der Waals surface area contributed by atoms with Crippen molar-refractivity contribution in [2.75, 3.05) is 18.8 Å². The topological polar surface area (TPSA) is 49.4 Å². The Bertz CT molecular complexity index is 805. The summed E-state index contributed by atoms with van der Waals surface area (Å²) in [6.07, 6.45) is 1.60. The van der Waals surface area contributed by atoms with E-state index in [1.54, 1.807) is 11.8 Å². The first-order valence-corrected chi connectivity index (χ1v) is 10.8. The largest absolute Gasteiger partial charge is 0.349 e. The van der Waals surface area contributed by atoms with Crippen LogP contribution in [0.25, 0.3) is 0 Å². The second-order valence-electron chi connectivity index (χ2n) is 6.69. The molecule has 3 rings (SSSR count). The number of halogens is 1. The molecule has 6 heteroatoms. The number of thioether (sulfide) groups is 1. The molecule has 0 bridgehead atoms. The van der Waals surface area contributed by atoms with Crippen molar-refractivity contribution in [3.8, 4) is 0 Å². The number of piperidine rings is 1. The molecule has 0 aromatic heterocycles. The van der Waals surface area contributed by atoms with Gasteiger partial charge in [-0.1, -0.05) is 34.1 Å². The number of rotatable bonds is 5. The van der Waals surface area contributed by atoms with E-state index in [4.69, 9.17) is 0 Å². The Morgan fingerprint density at radius 2 is 1.85 bits per heavy atom. The molecule has 27 heavy (non-hydrogen) atoms. The second kappa shape index (κ2) is 9.42. The van der Waals surface area contributed by atoms with Gasteiger partial charge in [0.2, 0.25) is 5.91 Å². The van der Waals surface area contributed by atoms with Crippen LogP contribution in [0.5, 0.6) is 0 Å². The molecule has 1 saturated heterocycles. The van der Waals surface area contributed by atoms with Gasteiger partial charge in [0.15, 0.2) is 0 Å². The van der Waals surface area contributed by atoms with Crippen LogP contribution in [0.2, 0.25) is 0 Å². The summed E-state index contributed by atoms with van der Waals surface area (Å²) in [7, 11) is 0. The average Bonchev–Trinajstić information content (AvgIpc) is 2.68. The third-order valence-electron chi connectivity index (χ3n) is 4.71. The molecule has 1 N–H and O–H groups in total. The van der Waals surface area contributed by atoms with Gasteiger partial charge in [-0.25, -0.2) is 0 Å². The van der Waals surface area contributed by atoms with Gasteiger partial charge in [-0.15, -0.1) is 11.8 Å². The first kappa shape index (κ1) is 20.0. The third kappa shape index (κ3) is 5.59. The fourth-order valence-corrected chi connectivity index (χ4v) is 4.52. The molecule has 2 aromatic rings. The summed E-state index contributed by atoms with van der Waals surface area (Å²) in [4.78, 5) is 27.8. The molecule has 0 spiro atoms. The standard InChI is InChI=1S/C21H23BrN2O2S/c1-15-13-17(22)7-8-19(15)27-14-20(25)24-11-9-18(10-12-24)23-21(26)16-5-3-2-4-6-16/h2-8,13,18H,9-12,14H2,1H3,(H,23,26). The molecule has 1 aliphatic heterocycles. The van der Waals surface area contributed by atoms with E-state index in [2.05, 4.69) is 34.2 Å². The maximum absolute atomic E-state index is 12.5. The van der Waals surface area contributed by atoms with Gasteiger partial charge in [0.25, 0.3) is 5.91 Å². The van der Waals surface area contributed by atoms with Crippen molar-refractivity contribution in [2.24, 2.45) is 0 Å². The van der Waals surface area contributed by atoms with Crippen molar-refractivity contribution in [1.82, 2.24) is 10.2 Å². The zero-order valence-electron chi connectivity index (χ0n) is 15.3. The van der Waals surface area contributed by atoms with Crippen molar-refractivity contribution in [2.45, 2.75) is 30.7 Å². The number of likely N-dealkylation sites (tertiary alicyclic amines) is 1. The highest BCUT2D eigenvalue weighted by Gasteiger charge is 2.24. The SMILES string of the molecule is Cc1cc(Br)ccc1SCC(=O)N1CCC(NC(=O)c2ccccc2)CC1. The van der Waals surface area contributed by atoms with Gasteiger partial charge in [0, 0.05) is 34.1 Å². The molecule has 0 radical (unpaired) electrons. The second-order valence-corrected chi connectivity index (χ2v) is 8.63. The van der Waals surface area contributed by atoms with Crippen molar-refractivity contribution in [3.05, 3.63) is 64.1 Å². The number of hydrogen-bond donors (Lipinski definition) is 1. The zero-order valence-corrected chi connectivity index (χ0v) is 17.7. The van der Waals surface area contributed by atoms with Gasteiger partial charge >= 0.3 is 0 Å². The maximum Gasteiger partial charge on any atom is 0.251 e. The lowest BCUT2D eigenvalue weighted by molar-refractivity contribution is -0.129. The van der Waals surface area contributed by atoms with Gasteiger partial charge < -0.3 is 10.2 Å². The van der Waals surface area contributed by atoms with Crippen molar-refractivity contribution in [1.29, 1.82) is 0 Å². The average molecular weight is 447 g/mol. The van der Waals surface area contributed by atoms with E-state index >= 15 is 0 Å². The molecule has 2 amide bonds. The van der Waals surface area contributed by atoms with Crippen LogP contribution in [0.3, 0.4) is 0 Å². The first-order valence-electron chi connectivity index (χ1n) is 9.05. The molecule has 1 fully saturated rings. The predicted octanol–water partition coefficient (Wildman–Crippen LogP) is 4.27. The number of benzene rings is 2. The Kier molecular flexibility index (Phi) is 6.96. The van der Waals surface area contributed by atoms with E-state index in [1.165, 1.54) is 5.56 Å². The quantitative estimate of drug-likeness (QED) is 0.697. The van der Waals surface area contributed by atoms with Gasteiger partial charge in [0.1, 0.15) is 0 Å². The third-order valence-corrected chi connectivity index (χ3v) is 6.36. The van der Waals surface area contributed by atoms with Gasteiger partial charge in [-0.2, -0.15) is 0 Å². The lowest BCUT2D eigenvalue weighted by atomic mass is 10.0. The van der Waals surface area contributed by atoms with Gasteiger partial charge in [0.05, 0.1) is 5.75 Å². The minimum Gasteiger partial charge on any atom is -0.349 e. The number of carbonyl (C=O) groups is 2. The van der Waals surface area contributed by atoms with Crippen molar-refractivity contribution >= 4 is 39.5 Å². The maximum atomic E-state index is 12.5. The van der Waals surface area contributed by atoms with Crippen LogP contribution in [-0.4, -0.2) is 41.6 Å². The van der Waals surface area contributed by atoms with E-state index in [-0.39, 0.29) is 17.9 Å². The van der Waals surface area contributed by atoms with Gasteiger partial charge in [-0.3, -0.25) is 9.59 Å². The Morgan fingerprint density at radius 3 is 2.52 bits per heavy atom. The Labute approximate surface area is 172 Å². The molecular formula is C21H23BrN2O2S. The van der Waals surface area contributed by atoms with Crippen molar-refractivity contribution < 1.29 is 9.59 Å². The smallest absolute Gasteiger partial charge is 0.251 e. The number of nitrogens with one attached hydrogen (secondary N) is 1. The molecule has 0 unspecified atom stereocenters. The fourth-order valence-electron chi connectivity index (χ4n) is 3.14. The monoisotopic (exact) mass is 446 g/mol. The van der Waals surface area contributed by atoms with E-state index in [0.29, 0.717) is 24.4 Å². The van der Waals surface area contributed by atoms with Crippen LogP contribution >= 0.6 is 27.7 Å². The van der Waals surface area contributed by atoms with E-state index < -0.39 is 0 Å². The molecule has 2 aromatic carbocycles. The van der Waals surface area contributed by atoms with Crippen LogP contribution in [0.15, 0.2) is 57.9 Å². The van der Waals surface area contributed by atoms with Crippen LogP contribution < -0.4 is 5.32 Å². The highest BCUT2D eigenvalue weighted by Crippen LogP contribution is 2.26. The van der Waals surface area contributed by atoms with Crippen LogP contribution in [0.4, 0.5) is 0 Å². The van der Waals surface area contributed by atoms with Crippen LogP contribution in [0, 0.1) is 6.92 Å². The molecule has 0 aliphatic carbocycles. The minimum absolute atomic E-state index is 0.0401. The predicted molar refractivity (Wildman–Crippen MR) is 113 cm³/mol. The van der Waals surface area contributed by atoms with E-state index in [9.17, 15) is 9.59 Å². The summed E-state index contributed by atoms with van der Waals surface area (Å²) >= 11 is 5.05. The summed E-state index contributed by atoms with van der Waals surface area (Å²) in [6.45, 7) is 3.44.